The van der Waals surface area contributed by atoms with Crippen LogP contribution in [0.1, 0.15) is 33.6 Å². The van der Waals surface area contributed by atoms with Gasteiger partial charge in [0.05, 0.1) is 11.6 Å². The summed E-state index contributed by atoms with van der Waals surface area (Å²) in [5.74, 6) is 1.25. The molecule has 1 aliphatic rings. The van der Waals surface area contributed by atoms with Gasteiger partial charge in [0.25, 0.3) is 0 Å². The molecule has 23 heavy (non-hydrogen) atoms. The molecule has 0 aromatic heterocycles. The SMILES string of the molecule is CC(C)(C)OC(=O)N1CCC(COc2ccc(I)c(Cl)c2)CC1. The third kappa shape index (κ3) is 6.03. The van der Waals surface area contributed by atoms with Crippen molar-refractivity contribution in [2.24, 2.45) is 5.92 Å². The number of hydrogen-bond donors (Lipinski definition) is 0. The fourth-order valence-corrected chi connectivity index (χ4v) is 2.90. The van der Waals surface area contributed by atoms with Gasteiger partial charge in [-0.3, -0.25) is 0 Å². The first kappa shape index (κ1) is 18.6. The van der Waals surface area contributed by atoms with Crippen LogP contribution in [0.15, 0.2) is 18.2 Å². The van der Waals surface area contributed by atoms with Crippen LogP contribution in [0, 0.1) is 9.49 Å². The maximum atomic E-state index is 12.0. The number of carbonyl (C=O) groups is 1. The Balaban J connectivity index is 1.76. The van der Waals surface area contributed by atoms with Crippen LogP contribution in [0.2, 0.25) is 5.02 Å². The van der Waals surface area contributed by atoms with E-state index >= 15 is 0 Å². The summed E-state index contributed by atoms with van der Waals surface area (Å²) in [7, 11) is 0. The van der Waals surface area contributed by atoms with Crippen molar-refractivity contribution in [2.75, 3.05) is 19.7 Å². The van der Waals surface area contributed by atoms with Crippen molar-refractivity contribution in [3.63, 3.8) is 0 Å². The Kier molecular flexibility index (Phi) is 6.42. The van der Waals surface area contributed by atoms with Crippen molar-refractivity contribution in [1.29, 1.82) is 0 Å². The van der Waals surface area contributed by atoms with E-state index < -0.39 is 5.60 Å². The molecule has 0 bridgehead atoms. The summed E-state index contributed by atoms with van der Waals surface area (Å²) in [4.78, 5) is 13.8. The van der Waals surface area contributed by atoms with E-state index in [4.69, 9.17) is 21.1 Å². The van der Waals surface area contributed by atoms with Crippen LogP contribution in [-0.2, 0) is 4.74 Å². The largest absolute Gasteiger partial charge is 0.493 e. The highest BCUT2D eigenvalue weighted by Gasteiger charge is 2.27. The Morgan fingerprint density at radius 1 is 1.35 bits per heavy atom. The normalized spacial score (nSPS) is 16.3. The third-order valence-electron chi connectivity index (χ3n) is 3.64. The number of likely N-dealkylation sites (tertiary alicyclic amines) is 1. The molecule has 6 heteroatoms. The summed E-state index contributed by atoms with van der Waals surface area (Å²) >= 11 is 8.29. The summed E-state index contributed by atoms with van der Waals surface area (Å²) < 4.78 is 12.3. The lowest BCUT2D eigenvalue weighted by molar-refractivity contribution is 0.0165. The molecule has 0 unspecified atom stereocenters. The van der Waals surface area contributed by atoms with E-state index in [0.29, 0.717) is 17.5 Å². The van der Waals surface area contributed by atoms with Crippen LogP contribution >= 0.6 is 34.2 Å². The molecule has 128 valence electrons. The predicted molar refractivity (Wildman–Crippen MR) is 100 cm³/mol. The number of piperidine rings is 1. The van der Waals surface area contributed by atoms with E-state index in [1.165, 1.54) is 0 Å². The fourth-order valence-electron chi connectivity index (χ4n) is 2.39. The number of nitrogens with zero attached hydrogens (tertiary/aromatic N) is 1. The second kappa shape index (κ2) is 7.92. The zero-order chi connectivity index (χ0) is 17.0. The van der Waals surface area contributed by atoms with Gasteiger partial charge in [-0.25, -0.2) is 4.79 Å². The molecular formula is C17H23ClINO3. The molecule has 4 nitrogen and oxygen atoms in total. The second-order valence-corrected chi connectivity index (χ2v) is 8.37. The second-order valence-electron chi connectivity index (χ2n) is 6.80. The maximum absolute atomic E-state index is 12.0. The Hall–Kier alpha value is -0.690. The molecule has 1 heterocycles. The Labute approximate surface area is 156 Å². The highest BCUT2D eigenvalue weighted by Crippen LogP contribution is 2.25. The van der Waals surface area contributed by atoms with Crippen molar-refractivity contribution >= 4 is 40.3 Å². The molecule has 1 fully saturated rings. The number of hydrogen-bond acceptors (Lipinski definition) is 3. The molecule has 1 saturated heterocycles. The summed E-state index contributed by atoms with van der Waals surface area (Å²) in [5.41, 5.74) is -0.443. The van der Waals surface area contributed by atoms with Crippen LogP contribution in [0.3, 0.4) is 0 Å². The summed E-state index contributed by atoms with van der Waals surface area (Å²) in [6.45, 7) is 7.75. The monoisotopic (exact) mass is 451 g/mol. The summed E-state index contributed by atoms with van der Waals surface area (Å²) in [6.07, 6.45) is 1.63. The Morgan fingerprint density at radius 3 is 2.57 bits per heavy atom. The lowest BCUT2D eigenvalue weighted by Gasteiger charge is -2.33. The van der Waals surface area contributed by atoms with Crippen molar-refractivity contribution in [1.82, 2.24) is 4.90 Å². The number of halogens is 2. The van der Waals surface area contributed by atoms with Gasteiger partial charge in [-0.15, -0.1) is 0 Å². The van der Waals surface area contributed by atoms with Crippen molar-refractivity contribution in [3.8, 4) is 5.75 Å². The lowest BCUT2D eigenvalue weighted by Crippen LogP contribution is -2.42. The highest BCUT2D eigenvalue weighted by molar-refractivity contribution is 14.1. The van der Waals surface area contributed by atoms with Crippen LogP contribution in [0.4, 0.5) is 4.79 Å². The highest BCUT2D eigenvalue weighted by atomic mass is 127. The van der Waals surface area contributed by atoms with Crippen LogP contribution in [0.25, 0.3) is 0 Å². The maximum Gasteiger partial charge on any atom is 0.410 e. The van der Waals surface area contributed by atoms with Gasteiger partial charge in [0.1, 0.15) is 11.4 Å². The number of amides is 1. The zero-order valence-corrected chi connectivity index (χ0v) is 16.7. The van der Waals surface area contributed by atoms with E-state index in [2.05, 4.69) is 22.6 Å². The average Bonchev–Trinajstić information content (AvgIpc) is 2.47. The Morgan fingerprint density at radius 2 is 2.00 bits per heavy atom. The van der Waals surface area contributed by atoms with Gasteiger partial charge < -0.3 is 14.4 Å². The topological polar surface area (TPSA) is 38.8 Å². The van der Waals surface area contributed by atoms with E-state index in [0.717, 1.165) is 35.3 Å². The molecule has 0 radical (unpaired) electrons. The smallest absolute Gasteiger partial charge is 0.410 e. The van der Waals surface area contributed by atoms with E-state index in [-0.39, 0.29) is 6.09 Å². The van der Waals surface area contributed by atoms with Gasteiger partial charge in [0.2, 0.25) is 0 Å². The first-order valence-corrected chi connectivity index (χ1v) is 9.26. The van der Waals surface area contributed by atoms with Gasteiger partial charge in [0.15, 0.2) is 0 Å². The van der Waals surface area contributed by atoms with Crippen molar-refractivity contribution < 1.29 is 14.3 Å². The van der Waals surface area contributed by atoms with Gasteiger partial charge in [-0.1, -0.05) is 11.6 Å². The van der Waals surface area contributed by atoms with Crippen molar-refractivity contribution in [2.45, 2.75) is 39.2 Å². The third-order valence-corrected chi connectivity index (χ3v) is 5.22. The standard InChI is InChI=1S/C17H23ClINO3/c1-17(2,3)23-16(21)20-8-6-12(7-9-20)11-22-13-4-5-15(19)14(18)10-13/h4-5,10,12H,6-9,11H2,1-3H3. The van der Waals surface area contributed by atoms with E-state index in [1.807, 2.05) is 39.0 Å². The molecular weight excluding hydrogens is 429 g/mol. The molecule has 1 aliphatic heterocycles. The van der Waals surface area contributed by atoms with Crippen molar-refractivity contribution in [3.05, 3.63) is 26.8 Å². The number of rotatable bonds is 3. The van der Waals surface area contributed by atoms with Crippen LogP contribution < -0.4 is 4.74 Å². The minimum absolute atomic E-state index is 0.221. The lowest BCUT2D eigenvalue weighted by atomic mass is 9.98. The molecule has 1 aromatic rings. The molecule has 0 N–H and O–H groups in total. The Bertz CT molecular complexity index is 551. The molecule has 0 atom stereocenters. The minimum Gasteiger partial charge on any atom is -0.493 e. The molecule has 0 aliphatic carbocycles. The first-order chi connectivity index (χ1) is 10.7. The van der Waals surface area contributed by atoms with Gasteiger partial charge in [0, 0.05) is 16.7 Å². The quantitative estimate of drug-likeness (QED) is 0.609. The summed E-state index contributed by atoms with van der Waals surface area (Å²) in [5, 5.41) is 0.711. The molecule has 1 aromatic carbocycles. The minimum atomic E-state index is -0.443. The number of ether oxygens (including phenoxy) is 2. The van der Waals surface area contributed by atoms with Gasteiger partial charge in [-0.2, -0.15) is 0 Å². The fraction of sp³-hybridized carbons (Fsp3) is 0.588. The van der Waals surface area contributed by atoms with E-state index in [1.54, 1.807) is 4.90 Å². The van der Waals surface area contributed by atoms with Gasteiger partial charge in [-0.05, 0) is 80.3 Å². The number of benzene rings is 1. The first-order valence-electron chi connectivity index (χ1n) is 7.80. The molecule has 1 amide bonds. The number of carbonyl (C=O) groups excluding carboxylic acids is 1. The predicted octanol–water partition coefficient (Wildman–Crippen LogP) is 4.97. The average molecular weight is 452 g/mol. The molecule has 0 saturated carbocycles. The van der Waals surface area contributed by atoms with Crippen LogP contribution in [-0.4, -0.2) is 36.3 Å². The summed E-state index contributed by atoms with van der Waals surface area (Å²) in [6, 6.07) is 5.73. The van der Waals surface area contributed by atoms with Gasteiger partial charge >= 0.3 is 6.09 Å². The zero-order valence-electron chi connectivity index (χ0n) is 13.8. The molecule has 0 spiro atoms. The van der Waals surface area contributed by atoms with Crippen LogP contribution in [0.5, 0.6) is 5.75 Å². The van der Waals surface area contributed by atoms with E-state index in [9.17, 15) is 4.79 Å². The molecule has 2 rings (SSSR count).